The molecule has 2 rings (SSSR count). The number of rotatable bonds is 2. The Bertz CT molecular complexity index is 468. The molecular weight excluding hydrogens is 343 g/mol. The van der Waals surface area contributed by atoms with E-state index in [2.05, 4.69) is 42.9 Å². The van der Waals surface area contributed by atoms with Gasteiger partial charge in [-0.05, 0) is 62.5 Å². The van der Waals surface area contributed by atoms with Gasteiger partial charge in [0, 0.05) is 26.0 Å². The summed E-state index contributed by atoms with van der Waals surface area (Å²) in [5, 5.41) is 1.23. The summed E-state index contributed by atoms with van der Waals surface area (Å²) in [5.41, 5.74) is 7.96. The zero-order valence-electron chi connectivity index (χ0n) is 7.89. The van der Waals surface area contributed by atoms with E-state index in [9.17, 15) is 0 Å². The van der Waals surface area contributed by atoms with E-state index in [1.54, 1.807) is 0 Å². The molecule has 1 aromatic heterocycles. The molecule has 0 spiro atoms. The summed E-state index contributed by atoms with van der Waals surface area (Å²) in [6.07, 6.45) is 2.92. The van der Waals surface area contributed by atoms with Gasteiger partial charge in [0.25, 0.3) is 0 Å². The summed E-state index contributed by atoms with van der Waals surface area (Å²) in [4.78, 5) is 3.23. The summed E-state index contributed by atoms with van der Waals surface area (Å²) >= 11 is 7.07. The van der Waals surface area contributed by atoms with E-state index in [4.69, 9.17) is 5.73 Å². The van der Waals surface area contributed by atoms with Gasteiger partial charge in [0.05, 0.1) is 0 Å². The second-order valence-corrected chi connectivity index (χ2v) is 4.78. The molecule has 0 aliphatic rings. The van der Waals surface area contributed by atoms with Crippen LogP contribution in [0.25, 0.3) is 10.9 Å². The maximum atomic E-state index is 5.56. The minimum absolute atomic E-state index is 0. The Balaban J connectivity index is 0.00000112. The number of nitrogens with two attached hydrogens (primary N) is 1. The molecule has 15 heavy (non-hydrogen) atoms. The Hall–Kier alpha value is -0.0300. The van der Waals surface area contributed by atoms with Crippen LogP contribution in [0.3, 0.4) is 0 Å². The zero-order chi connectivity index (χ0) is 10.1. The fourth-order valence-corrected chi connectivity index (χ4v) is 2.51. The van der Waals surface area contributed by atoms with Gasteiger partial charge in [0.2, 0.25) is 0 Å². The van der Waals surface area contributed by atoms with E-state index in [0.29, 0.717) is 6.54 Å². The Kier molecular flexibility index (Phi) is 4.64. The van der Waals surface area contributed by atoms with E-state index in [0.717, 1.165) is 20.9 Å². The van der Waals surface area contributed by atoms with Crippen LogP contribution in [-0.2, 0) is 6.42 Å². The van der Waals surface area contributed by atoms with E-state index >= 15 is 0 Å². The highest BCUT2D eigenvalue weighted by atomic mass is 79.9. The molecular formula is C10H11Br2ClN2. The lowest BCUT2D eigenvalue weighted by atomic mass is 10.1. The van der Waals surface area contributed by atoms with Gasteiger partial charge < -0.3 is 10.7 Å². The first-order valence-corrected chi connectivity index (χ1v) is 5.96. The van der Waals surface area contributed by atoms with Gasteiger partial charge >= 0.3 is 0 Å². The third-order valence-electron chi connectivity index (χ3n) is 2.23. The lowest BCUT2D eigenvalue weighted by Crippen LogP contribution is -2.01. The Morgan fingerprint density at radius 1 is 1.27 bits per heavy atom. The van der Waals surface area contributed by atoms with Crippen LogP contribution in [0.1, 0.15) is 5.56 Å². The van der Waals surface area contributed by atoms with E-state index in [1.165, 1.54) is 10.9 Å². The summed E-state index contributed by atoms with van der Waals surface area (Å²) in [5.74, 6) is 0. The summed E-state index contributed by atoms with van der Waals surface area (Å²) in [6, 6.07) is 4.08. The Labute approximate surface area is 111 Å². The minimum Gasteiger partial charge on any atom is -0.361 e. The number of nitrogens with one attached hydrogen (secondary N) is 1. The average molecular weight is 354 g/mol. The highest BCUT2D eigenvalue weighted by Gasteiger charge is 2.08. The number of H-pyrrole nitrogens is 1. The predicted molar refractivity (Wildman–Crippen MR) is 73.7 cm³/mol. The smallest absolute Gasteiger partial charge is 0.0469 e. The minimum atomic E-state index is 0. The lowest BCUT2D eigenvalue weighted by molar-refractivity contribution is 0.976. The van der Waals surface area contributed by atoms with Crippen LogP contribution in [0.15, 0.2) is 27.3 Å². The first-order valence-electron chi connectivity index (χ1n) is 4.38. The summed E-state index contributed by atoms with van der Waals surface area (Å²) in [7, 11) is 0. The van der Waals surface area contributed by atoms with Crippen molar-refractivity contribution < 1.29 is 0 Å². The number of hydrogen-bond donors (Lipinski definition) is 2. The van der Waals surface area contributed by atoms with Gasteiger partial charge in [-0.1, -0.05) is 0 Å². The quantitative estimate of drug-likeness (QED) is 0.850. The molecule has 0 unspecified atom stereocenters. The second-order valence-electron chi connectivity index (χ2n) is 3.14. The van der Waals surface area contributed by atoms with Crippen molar-refractivity contribution in [1.82, 2.24) is 4.98 Å². The summed E-state index contributed by atoms with van der Waals surface area (Å²) < 4.78 is 2.17. The third kappa shape index (κ3) is 2.38. The Morgan fingerprint density at radius 3 is 2.67 bits per heavy atom. The number of halogens is 3. The molecule has 1 aromatic carbocycles. The fraction of sp³-hybridized carbons (Fsp3) is 0.200. The zero-order valence-corrected chi connectivity index (χ0v) is 11.9. The molecule has 0 bridgehead atoms. The van der Waals surface area contributed by atoms with E-state index < -0.39 is 0 Å². The maximum Gasteiger partial charge on any atom is 0.0469 e. The van der Waals surface area contributed by atoms with Crippen molar-refractivity contribution in [1.29, 1.82) is 0 Å². The molecule has 0 saturated carbocycles. The molecule has 0 aliphatic carbocycles. The van der Waals surface area contributed by atoms with Crippen LogP contribution in [0.4, 0.5) is 0 Å². The van der Waals surface area contributed by atoms with Gasteiger partial charge in [0.1, 0.15) is 0 Å². The number of fused-ring (bicyclic) bond motifs is 1. The van der Waals surface area contributed by atoms with Crippen LogP contribution in [0.5, 0.6) is 0 Å². The molecule has 0 fully saturated rings. The van der Waals surface area contributed by atoms with Crippen LogP contribution >= 0.6 is 44.3 Å². The first kappa shape index (κ1) is 13.0. The molecule has 3 N–H and O–H groups in total. The molecule has 1 heterocycles. The molecule has 82 valence electrons. The number of benzene rings is 1. The maximum absolute atomic E-state index is 5.56. The number of hydrogen-bond acceptors (Lipinski definition) is 1. The highest BCUT2D eigenvalue weighted by molar-refractivity contribution is 9.13. The van der Waals surface area contributed by atoms with Gasteiger partial charge in [-0.15, -0.1) is 12.4 Å². The highest BCUT2D eigenvalue weighted by Crippen LogP contribution is 2.33. The van der Waals surface area contributed by atoms with Gasteiger partial charge in [-0.2, -0.15) is 0 Å². The van der Waals surface area contributed by atoms with E-state index in [-0.39, 0.29) is 12.4 Å². The molecule has 2 aromatic rings. The monoisotopic (exact) mass is 352 g/mol. The molecule has 5 heteroatoms. The topological polar surface area (TPSA) is 41.8 Å². The van der Waals surface area contributed by atoms with Crippen LogP contribution < -0.4 is 5.73 Å². The third-order valence-corrected chi connectivity index (χ3v) is 4.25. The molecule has 0 amide bonds. The van der Waals surface area contributed by atoms with Crippen LogP contribution in [0.2, 0.25) is 0 Å². The normalized spacial score (nSPS) is 10.3. The first-order chi connectivity index (χ1) is 6.74. The van der Waals surface area contributed by atoms with Crippen molar-refractivity contribution in [2.24, 2.45) is 5.73 Å². The van der Waals surface area contributed by atoms with Crippen LogP contribution in [-0.4, -0.2) is 11.5 Å². The van der Waals surface area contributed by atoms with Crippen molar-refractivity contribution in [3.05, 3.63) is 32.8 Å². The molecule has 2 nitrogen and oxygen atoms in total. The number of aromatic amines is 1. The van der Waals surface area contributed by atoms with Crippen molar-refractivity contribution in [2.75, 3.05) is 6.54 Å². The predicted octanol–water partition coefficient (Wildman–Crippen LogP) is 3.62. The molecule has 0 saturated heterocycles. The SMILES string of the molecule is Cl.NCCc1c[nH]c2ccc(Br)c(Br)c12. The largest absolute Gasteiger partial charge is 0.361 e. The fourth-order valence-electron chi connectivity index (χ4n) is 1.57. The summed E-state index contributed by atoms with van der Waals surface area (Å²) in [6.45, 7) is 0.673. The van der Waals surface area contributed by atoms with Gasteiger partial charge in [-0.25, -0.2) is 0 Å². The van der Waals surface area contributed by atoms with E-state index in [1.807, 2.05) is 12.3 Å². The average Bonchev–Trinajstić information content (AvgIpc) is 2.57. The van der Waals surface area contributed by atoms with Gasteiger partial charge in [0.15, 0.2) is 0 Å². The van der Waals surface area contributed by atoms with Crippen molar-refractivity contribution in [3.8, 4) is 0 Å². The van der Waals surface area contributed by atoms with Gasteiger partial charge in [-0.3, -0.25) is 0 Å². The molecule has 0 aliphatic heterocycles. The standard InChI is InChI=1S/C10H10Br2N2.ClH/c11-7-1-2-8-9(10(7)12)6(3-4-13)5-14-8;/h1-2,5,14H,3-4,13H2;1H. The molecule has 0 radical (unpaired) electrons. The second kappa shape index (κ2) is 5.34. The number of aromatic nitrogens is 1. The van der Waals surface area contributed by atoms with Crippen molar-refractivity contribution in [2.45, 2.75) is 6.42 Å². The lowest BCUT2D eigenvalue weighted by Gasteiger charge is -2.01. The molecule has 0 atom stereocenters. The Morgan fingerprint density at radius 2 is 2.00 bits per heavy atom. The van der Waals surface area contributed by atoms with Crippen molar-refractivity contribution >= 4 is 55.2 Å². The van der Waals surface area contributed by atoms with Crippen LogP contribution in [0, 0.1) is 0 Å². The van der Waals surface area contributed by atoms with Crippen molar-refractivity contribution in [3.63, 3.8) is 0 Å².